The fourth-order valence-corrected chi connectivity index (χ4v) is 6.69. The molecule has 7 aromatic carbocycles. The van der Waals surface area contributed by atoms with E-state index in [1.54, 1.807) is 0 Å². The normalized spacial score (nSPS) is 13.1. The third kappa shape index (κ3) is 4.16. The van der Waals surface area contributed by atoms with Crippen molar-refractivity contribution in [1.29, 1.82) is 0 Å². The molecule has 0 saturated heterocycles. The van der Waals surface area contributed by atoms with Gasteiger partial charge in [0, 0.05) is 0 Å². The Kier molecular flexibility index (Phi) is 6.04. The van der Waals surface area contributed by atoms with Crippen LogP contribution >= 0.6 is 0 Å². The number of benzene rings is 7. The minimum Gasteiger partial charge on any atom is -0.0836 e. The van der Waals surface area contributed by atoms with E-state index in [0.717, 1.165) is 12.8 Å². The van der Waals surface area contributed by atoms with Crippen molar-refractivity contribution in [2.45, 2.75) is 12.8 Å². The van der Waals surface area contributed by atoms with E-state index in [1.807, 2.05) is 0 Å². The van der Waals surface area contributed by atoms with E-state index in [9.17, 15) is 0 Å². The van der Waals surface area contributed by atoms with Crippen LogP contribution in [0.15, 0.2) is 158 Å². The van der Waals surface area contributed by atoms with Gasteiger partial charge in [0.05, 0.1) is 0 Å². The van der Waals surface area contributed by atoms with E-state index in [0.29, 0.717) is 0 Å². The first kappa shape index (κ1) is 24.6. The Morgan fingerprint density at radius 2 is 1.00 bits per heavy atom. The molecule has 42 heavy (non-hydrogen) atoms. The van der Waals surface area contributed by atoms with Crippen molar-refractivity contribution in [2.75, 3.05) is 0 Å². The second kappa shape index (κ2) is 10.3. The first-order chi connectivity index (χ1) is 20.8. The van der Waals surface area contributed by atoms with Gasteiger partial charge in [-0.25, -0.2) is 0 Å². The summed E-state index contributed by atoms with van der Waals surface area (Å²) in [6.07, 6.45) is 9.17. The van der Waals surface area contributed by atoms with Crippen LogP contribution in [0.2, 0.25) is 0 Å². The third-order valence-corrected chi connectivity index (χ3v) is 8.69. The van der Waals surface area contributed by atoms with E-state index in [1.165, 1.54) is 76.8 Å². The molecule has 0 heteroatoms. The quantitative estimate of drug-likeness (QED) is 0.197. The summed E-state index contributed by atoms with van der Waals surface area (Å²) in [5.41, 5.74) is 10.2. The van der Waals surface area contributed by atoms with Crippen molar-refractivity contribution in [1.82, 2.24) is 0 Å². The zero-order valence-corrected chi connectivity index (χ0v) is 23.4. The van der Waals surface area contributed by atoms with Crippen LogP contribution in [0.1, 0.15) is 18.4 Å². The van der Waals surface area contributed by atoms with E-state index in [2.05, 4.69) is 158 Å². The topological polar surface area (TPSA) is 0 Å². The highest BCUT2D eigenvalue weighted by atomic mass is 14.2. The van der Waals surface area contributed by atoms with Crippen LogP contribution in [0.25, 0.3) is 71.3 Å². The lowest BCUT2D eigenvalue weighted by molar-refractivity contribution is 1.04. The number of hydrogen-bond acceptors (Lipinski definition) is 0. The molecule has 0 fully saturated rings. The molecule has 198 valence electrons. The van der Waals surface area contributed by atoms with Gasteiger partial charge in [0.25, 0.3) is 0 Å². The van der Waals surface area contributed by atoms with Gasteiger partial charge in [0.15, 0.2) is 0 Å². The first-order valence-electron chi connectivity index (χ1n) is 14.8. The summed E-state index contributed by atoms with van der Waals surface area (Å²) < 4.78 is 0. The van der Waals surface area contributed by atoms with Gasteiger partial charge < -0.3 is 0 Å². The Labute approximate surface area is 246 Å². The molecule has 0 bridgehead atoms. The molecular weight excluding hydrogens is 504 g/mol. The molecular formula is C42H30. The summed E-state index contributed by atoms with van der Waals surface area (Å²) in [5, 5.41) is 7.70. The van der Waals surface area contributed by atoms with Gasteiger partial charge in [0.2, 0.25) is 0 Å². The molecule has 1 aliphatic rings. The van der Waals surface area contributed by atoms with Crippen LogP contribution in [0.5, 0.6) is 0 Å². The van der Waals surface area contributed by atoms with E-state index in [4.69, 9.17) is 0 Å². The third-order valence-electron chi connectivity index (χ3n) is 8.69. The average molecular weight is 535 g/mol. The SMILES string of the molecule is C1=CC(c2ccc3c(-c4cccc5ccccc45)c4ccccc4c(-c4ccc(-c5ccccc5)cc4)c3c2)=CCC1. The number of allylic oxidation sites excluding steroid dienone is 4. The fourth-order valence-electron chi connectivity index (χ4n) is 6.69. The molecule has 0 radical (unpaired) electrons. The van der Waals surface area contributed by atoms with Crippen LogP contribution < -0.4 is 0 Å². The van der Waals surface area contributed by atoms with Crippen LogP contribution in [0, 0.1) is 0 Å². The molecule has 0 aromatic heterocycles. The van der Waals surface area contributed by atoms with E-state index in [-0.39, 0.29) is 0 Å². The van der Waals surface area contributed by atoms with Crippen LogP contribution in [-0.4, -0.2) is 0 Å². The molecule has 0 atom stereocenters. The highest BCUT2D eigenvalue weighted by Crippen LogP contribution is 2.46. The minimum atomic E-state index is 1.09. The molecule has 0 N–H and O–H groups in total. The Morgan fingerprint density at radius 1 is 0.381 bits per heavy atom. The van der Waals surface area contributed by atoms with Crippen molar-refractivity contribution >= 4 is 37.9 Å². The van der Waals surface area contributed by atoms with Crippen molar-refractivity contribution in [3.63, 3.8) is 0 Å². The van der Waals surface area contributed by atoms with Crippen molar-refractivity contribution < 1.29 is 0 Å². The monoisotopic (exact) mass is 534 g/mol. The molecule has 0 spiro atoms. The highest BCUT2D eigenvalue weighted by molar-refractivity contribution is 6.23. The Hall–Kier alpha value is -5.20. The van der Waals surface area contributed by atoms with Crippen molar-refractivity contribution in [3.05, 3.63) is 163 Å². The average Bonchev–Trinajstić information content (AvgIpc) is 3.08. The van der Waals surface area contributed by atoms with E-state index >= 15 is 0 Å². The summed E-state index contributed by atoms with van der Waals surface area (Å²) in [6.45, 7) is 0. The first-order valence-corrected chi connectivity index (χ1v) is 14.8. The molecule has 0 heterocycles. The van der Waals surface area contributed by atoms with Crippen molar-refractivity contribution in [3.8, 4) is 33.4 Å². The number of fused-ring (bicyclic) bond motifs is 3. The molecule has 0 saturated carbocycles. The van der Waals surface area contributed by atoms with Crippen molar-refractivity contribution in [2.24, 2.45) is 0 Å². The number of hydrogen-bond donors (Lipinski definition) is 0. The largest absolute Gasteiger partial charge is 0.0836 e. The Bertz CT molecular complexity index is 2150. The van der Waals surface area contributed by atoms with Gasteiger partial charge in [-0.2, -0.15) is 0 Å². The molecule has 1 aliphatic carbocycles. The predicted octanol–water partition coefficient (Wildman–Crippen LogP) is 11.9. The maximum atomic E-state index is 2.43. The highest BCUT2D eigenvalue weighted by Gasteiger charge is 2.19. The molecule has 0 aliphatic heterocycles. The lowest BCUT2D eigenvalue weighted by Crippen LogP contribution is -1.94. The Balaban J connectivity index is 1.46. The fraction of sp³-hybridized carbons (Fsp3) is 0.0476. The van der Waals surface area contributed by atoms with Gasteiger partial charge >= 0.3 is 0 Å². The van der Waals surface area contributed by atoms with Gasteiger partial charge in [-0.1, -0.05) is 152 Å². The molecule has 0 nitrogen and oxygen atoms in total. The van der Waals surface area contributed by atoms with Crippen LogP contribution in [0.3, 0.4) is 0 Å². The lowest BCUT2D eigenvalue weighted by atomic mass is 9.83. The molecule has 0 unspecified atom stereocenters. The van der Waals surface area contributed by atoms with Crippen LogP contribution in [0.4, 0.5) is 0 Å². The lowest BCUT2D eigenvalue weighted by Gasteiger charge is -2.20. The van der Waals surface area contributed by atoms with Gasteiger partial charge in [-0.05, 0) is 95.7 Å². The smallest absolute Gasteiger partial charge is 0.00201 e. The second-order valence-electron chi connectivity index (χ2n) is 11.2. The standard InChI is InChI=1S/C42H30/c1-3-12-29(13-4-1)31-22-24-33(25-23-31)41-37-19-9-10-20-38(37)42(36-21-11-17-32-16-7-8-18-35(32)36)39-27-26-34(28-40(39)41)30-14-5-2-6-15-30/h1,3-5,7-28H,2,6H2. The summed E-state index contributed by atoms with van der Waals surface area (Å²) in [7, 11) is 0. The van der Waals surface area contributed by atoms with Gasteiger partial charge in [-0.3, -0.25) is 0 Å². The molecule has 0 amide bonds. The summed E-state index contributed by atoms with van der Waals surface area (Å²) in [6, 6.07) is 51.3. The second-order valence-corrected chi connectivity index (χ2v) is 11.2. The summed E-state index contributed by atoms with van der Waals surface area (Å²) >= 11 is 0. The molecule has 7 aromatic rings. The zero-order valence-electron chi connectivity index (χ0n) is 23.4. The zero-order chi connectivity index (χ0) is 27.9. The Morgan fingerprint density at radius 3 is 1.79 bits per heavy atom. The number of rotatable bonds is 4. The maximum absolute atomic E-state index is 2.43. The van der Waals surface area contributed by atoms with Gasteiger partial charge in [0.1, 0.15) is 0 Å². The summed E-state index contributed by atoms with van der Waals surface area (Å²) in [4.78, 5) is 0. The predicted molar refractivity (Wildman–Crippen MR) is 182 cm³/mol. The summed E-state index contributed by atoms with van der Waals surface area (Å²) in [5.74, 6) is 0. The maximum Gasteiger partial charge on any atom is -0.00201 e. The van der Waals surface area contributed by atoms with Gasteiger partial charge in [-0.15, -0.1) is 0 Å². The molecule has 8 rings (SSSR count). The van der Waals surface area contributed by atoms with Crippen LogP contribution in [-0.2, 0) is 0 Å². The van der Waals surface area contributed by atoms with E-state index < -0.39 is 0 Å². The minimum absolute atomic E-state index is 1.09.